The minimum atomic E-state index is 0.0332. The third kappa shape index (κ3) is 3.27. The highest BCUT2D eigenvalue weighted by Crippen LogP contribution is 2.24. The standard InChI is InChI=1S/C20H23N5O/c1-2-24-11-8-16-14-17(4-5-18(16)24)23-19(26)15-6-12-25(13-7-15)20-21-9-3-10-22-20/h3-5,8-11,14-15H,2,6-7,12-13H2,1H3,(H,23,26). The smallest absolute Gasteiger partial charge is 0.227 e. The molecule has 3 heterocycles. The molecule has 4 rings (SSSR count). The van der Waals surface area contributed by atoms with E-state index in [4.69, 9.17) is 0 Å². The second-order valence-electron chi connectivity index (χ2n) is 6.67. The van der Waals surface area contributed by atoms with Crippen molar-refractivity contribution in [1.29, 1.82) is 0 Å². The second kappa shape index (κ2) is 7.15. The van der Waals surface area contributed by atoms with Gasteiger partial charge in [0.2, 0.25) is 11.9 Å². The summed E-state index contributed by atoms with van der Waals surface area (Å²) < 4.78 is 2.20. The quantitative estimate of drug-likeness (QED) is 0.785. The molecule has 1 saturated heterocycles. The number of hydrogen-bond acceptors (Lipinski definition) is 4. The summed E-state index contributed by atoms with van der Waals surface area (Å²) >= 11 is 0. The van der Waals surface area contributed by atoms with Gasteiger partial charge in [0.05, 0.1) is 0 Å². The fourth-order valence-corrected chi connectivity index (χ4v) is 3.59. The minimum Gasteiger partial charge on any atom is -0.348 e. The highest BCUT2D eigenvalue weighted by atomic mass is 16.1. The Morgan fingerprint density at radius 2 is 1.96 bits per heavy atom. The maximum atomic E-state index is 12.6. The fourth-order valence-electron chi connectivity index (χ4n) is 3.59. The van der Waals surface area contributed by atoms with E-state index in [1.54, 1.807) is 12.4 Å². The van der Waals surface area contributed by atoms with Gasteiger partial charge in [-0.05, 0) is 50.1 Å². The van der Waals surface area contributed by atoms with Crippen LogP contribution >= 0.6 is 0 Å². The normalized spacial score (nSPS) is 15.3. The van der Waals surface area contributed by atoms with E-state index in [9.17, 15) is 4.79 Å². The molecule has 2 aromatic heterocycles. The molecule has 1 fully saturated rings. The summed E-state index contributed by atoms with van der Waals surface area (Å²) in [6, 6.07) is 10.0. The van der Waals surface area contributed by atoms with Crippen molar-refractivity contribution in [3.8, 4) is 0 Å². The second-order valence-corrected chi connectivity index (χ2v) is 6.67. The van der Waals surface area contributed by atoms with Crippen molar-refractivity contribution in [2.45, 2.75) is 26.3 Å². The van der Waals surface area contributed by atoms with Crippen molar-refractivity contribution in [2.75, 3.05) is 23.3 Å². The van der Waals surface area contributed by atoms with Gasteiger partial charge in [0, 0.05) is 60.7 Å². The van der Waals surface area contributed by atoms with Crippen molar-refractivity contribution < 1.29 is 4.79 Å². The molecule has 1 aliphatic rings. The highest BCUT2D eigenvalue weighted by Gasteiger charge is 2.26. The average molecular weight is 349 g/mol. The molecule has 134 valence electrons. The topological polar surface area (TPSA) is 63.1 Å². The summed E-state index contributed by atoms with van der Waals surface area (Å²) in [4.78, 5) is 23.4. The summed E-state index contributed by atoms with van der Waals surface area (Å²) in [6.45, 7) is 4.68. The van der Waals surface area contributed by atoms with Crippen LogP contribution in [0.3, 0.4) is 0 Å². The van der Waals surface area contributed by atoms with Gasteiger partial charge in [-0.3, -0.25) is 4.79 Å². The van der Waals surface area contributed by atoms with E-state index < -0.39 is 0 Å². The zero-order valence-electron chi connectivity index (χ0n) is 14.9. The predicted molar refractivity (Wildman–Crippen MR) is 103 cm³/mol. The largest absolute Gasteiger partial charge is 0.348 e. The number of anilines is 2. The van der Waals surface area contributed by atoms with Crippen LogP contribution < -0.4 is 10.2 Å². The Morgan fingerprint density at radius 3 is 2.69 bits per heavy atom. The number of aromatic nitrogens is 3. The van der Waals surface area contributed by atoms with Crippen LogP contribution in [0.25, 0.3) is 10.9 Å². The molecule has 0 atom stereocenters. The average Bonchev–Trinajstić information content (AvgIpc) is 3.11. The molecule has 0 bridgehead atoms. The van der Waals surface area contributed by atoms with Crippen LogP contribution in [-0.4, -0.2) is 33.5 Å². The van der Waals surface area contributed by atoms with Crippen molar-refractivity contribution in [1.82, 2.24) is 14.5 Å². The van der Waals surface area contributed by atoms with Crippen molar-refractivity contribution >= 4 is 28.4 Å². The van der Waals surface area contributed by atoms with Crippen LogP contribution in [0.1, 0.15) is 19.8 Å². The summed E-state index contributed by atoms with van der Waals surface area (Å²) in [5.41, 5.74) is 2.06. The molecule has 0 radical (unpaired) electrons. The van der Waals surface area contributed by atoms with Gasteiger partial charge in [-0.1, -0.05) is 0 Å². The van der Waals surface area contributed by atoms with Gasteiger partial charge in [0.15, 0.2) is 0 Å². The van der Waals surface area contributed by atoms with E-state index in [0.29, 0.717) is 0 Å². The molecular formula is C20H23N5O. The van der Waals surface area contributed by atoms with E-state index in [1.165, 1.54) is 5.52 Å². The van der Waals surface area contributed by atoms with Crippen LogP contribution in [0, 0.1) is 5.92 Å². The number of fused-ring (bicyclic) bond motifs is 1. The first-order chi connectivity index (χ1) is 12.7. The molecule has 3 aromatic rings. The van der Waals surface area contributed by atoms with Gasteiger partial charge >= 0.3 is 0 Å². The van der Waals surface area contributed by atoms with Gasteiger partial charge in [-0.25, -0.2) is 9.97 Å². The number of nitrogens with zero attached hydrogens (tertiary/aromatic N) is 4. The summed E-state index contributed by atoms with van der Waals surface area (Å²) in [5, 5.41) is 4.24. The number of piperidine rings is 1. The number of carbonyl (C=O) groups excluding carboxylic acids is 1. The Labute approximate surface area is 152 Å². The van der Waals surface area contributed by atoms with Crippen LogP contribution in [-0.2, 0) is 11.3 Å². The van der Waals surface area contributed by atoms with Crippen LogP contribution in [0.4, 0.5) is 11.6 Å². The van der Waals surface area contributed by atoms with Gasteiger partial charge in [0.1, 0.15) is 0 Å². The Kier molecular flexibility index (Phi) is 4.56. The molecule has 1 amide bonds. The zero-order chi connectivity index (χ0) is 17.9. The molecule has 0 unspecified atom stereocenters. The first-order valence-corrected chi connectivity index (χ1v) is 9.16. The van der Waals surface area contributed by atoms with E-state index >= 15 is 0 Å². The first-order valence-electron chi connectivity index (χ1n) is 9.16. The van der Waals surface area contributed by atoms with Crippen LogP contribution in [0.5, 0.6) is 0 Å². The van der Waals surface area contributed by atoms with Gasteiger partial charge in [0.25, 0.3) is 0 Å². The fraction of sp³-hybridized carbons (Fsp3) is 0.350. The number of hydrogen-bond donors (Lipinski definition) is 1. The van der Waals surface area contributed by atoms with E-state index in [2.05, 4.69) is 50.0 Å². The predicted octanol–water partition coefficient (Wildman–Crippen LogP) is 3.31. The Bertz CT molecular complexity index is 897. The minimum absolute atomic E-state index is 0.0332. The maximum Gasteiger partial charge on any atom is 0.227 e. The summed E-state index contributed by atoms with van der Waals surface area (Å²) in [5.74, 6) is 0.885. The van der Waals surface area contributed by atoms with Gasteiger partial charge in [-0.2, -0.15) is 0 Å². The Hall–Kier alpha value is -2.89. The lowest BCUT2D eigenvalue weighted by molar-refractivity contribution is -0.120. The monoisotopic (exact) mass is 349 g/mol. The van der Waals surface area contributed by atoms with Crippen molar-refractivity contribution in [3.63, 3.8) is 0 Å². The summed E-state index contributed by atoms with van der Waals surface area (Å²) in [6.07, 6.45) is 7.22. The molecule has 0 spiro atoms. The highest BCUT2D eigenvalue weighted by molar-refractivity contribution is 5.95. The Morgan fingerprint density at radius 1 is 1.19 bits per heavy atom. The molecule has 6 heteroatoms. The molecule has 6 nitrogen and oxygen atoms in total. The number of carbonyl (C=O) groups is 1. The van der Waals surface area contributed by atoms with E-state index in [1.807, 2.05) is 18.2 Å². The molecule has 1 aromatic carbocycles. The summed E-state index contributed by atoms with van der Waals surface area (Å²) in [7, 11) is 0. The number of benzene rings is 1. The molecule has 1 N–H and O–H groups in total. The first kappa shape index (κ1) is 16.6. The zero-order valence-corrected chi connectivity index (χ0v) is 14.9. The van der Waals surface area contributed by atoms with Crippen molar-refractivity contribution in [3.05, 3.63) is 48.9 Å². The van der Waals surface area contributed by atoms with E-state index in [-0.39, 0.29) is 11.8 Å². The lowest BCUT2D eigenvalue weighted by Gasteiger charge is -2.31. The van der Waals surface area contributed by atoms with E-state index in [0.717, 1.165) is 49.5 Å². The van der Waals surface area contributed by atoms with Crippen LogP contribution in [0.2, 0.25) is 0 Å². The Balaban J connectivity index is 1.38. The lowest BCUT2D eigenvalue weighted by Crippen LogP contribution is -2.39. The SMILES string of the molecule is CCn1ccc2cc(NC(=O)C3CCN(c4ncccn4)CC3)ccc21. The van der Waals surface area contributed by atoms with Gasteiger partial charge < -0.3 is 14.8 Å². The third-order valence-electron chi connectivity index (χ3n) is 5.08. The van der Waals surface area contributed by atoms with Crippen LogP contribution in [0.15, 0.2) is 48.9 Å². The number of rotatable bonds is 4. The lowest BCUT2D eigenvalue weighted by atomic mass is 9.96. The number of amides is 1. The van der Waals surface area contributed by atoms with Gasteiger partial charge in [-0.15, -0.1) is 0 Å². The van der Waals surface area contributed by atoms with Crippen molar-refractivity contribution in [2.24, 2.45) is 5.92 Å². The number of aryl methyl sites for hydroxylation is 1. The maximum absolute atomic E-state index is 12.6. The molecule has 0 aliphatic carbocycles. The molecular weight excluding hydrogens is 326 g/mol. The molecule has 0 saturated carbocycles. The number of nitrogens with one attached hydrogen (secondary N) is 1. The molecule has 26 heavy (non-hydrogen) atoms. The third-order valence-corrected chi connectivity index (χ3v) is 5.08. The molecule has 1 aliphatic heterocycles.